The first-order valence-corrected chi connectivity index (χ1v) is 12.7. The number of benzene rings is 2. The molecule has 1 aliphatic heterocycles. The minimum absolute atomic E-state index is 0.0255. The van der Waals surface area contributed by atoms with E-state index in [-0.39, 0.29) is 24.2 Å². The fraction of sp³-hybridized carbons (Fsp3) is 0.379. The summed E-state index contributed by atoms with van der Waals surface area (Å²) >= 11 is 0. The molecule has 0 saturated heterocycles. The van der Waals surface area contributed by atoms with Crippen LogP contribution in [0.15, 0.2) is 66.9 Å². The van der Waals surface area contributed by atoms with Gasteiger partial charge in [-0.1, -0.05) is 57.4 Å². The molecule has 2 amide bonds. The summed E-state index contributed by atoms with van der Waals surface area (Å²) in [6.07, 6.45) is 7.14. The number of fused-ring (bicyclic) bond motifs is 3. The van der Waals surface area contributed by atoms with Crippen LogP contribution in [0.2, 0.25) is 0 Å². The van der Waals surface area contributed by atoms with E-state index in [1.165, 1.54) is 12.1 Å². The van der Waals surface area contributed by atoms with Gasteiger partial charge in [-0.2, -0.15) is 0 Å². The number of anilines is 1. The van der Waals surface area contributed by atoms with Crippen LogP contribution in [-0.2, 0) is 9.59 Å². The number of carbonyl (C=O) groups is 2. The normalized spacial score (nSPS) is 14.4. The molecular formula is C29H34FN3O2. The van der Waals surface area contributed by atoms with Crippen LogP contribution in [0.3, 0.4) is 0 Å². The highest BCUT2D eigenvalue weighted by atomic mass is 19.1. The summed E-state index contributed by atoms with van der Waals surface area (Å²) in [5.74, 6) is -0.423. The van der Waals surface area contributed by atoms with E-state index in [0.29, 0.717) is 13.0 Å². The third-order valence-corrected chi connectivity index (χ3v) is 6.63. The van der Waals surface area contributed by atoms with E-state index in [0.717, 1.165) is 54.7 Å². The lowest BCUT2D eigenvalue weighted by Gasteiger charge is -2.39. The van der Waals surface area contributed by atoms with Gasteiger partial charge in [0.1, 0.15) is 18.4 Å². The third kappa shape index (κ3) is 5.31. The van der Waals surface area contributed by atoms with Crippen molar-refractivity contribution >= 4 is 17.5 Å². The minimum atomic E-state index is -0.420. The summed E-state index contributed by atoms with van der Waals surface area (Å²) in [6.45, 7) is 4.79. The molecular weight excluding hydrogens is 441 g/mol. The highest BCUT2D eigenvalue weighted by molar-refractivity contribution is 6.00. The summed E-state index contributed by atoms with van der Waals surface area (Å²) < 4.78 is 15.8. The average molecular weight is 476 g/mol. The van der Waals surface area contributed by atoms with Crippen molar-refractivity contribution in [3.63, 3.8) is 0 Å². The number of aromatic nitrogens is 1. The van der Waals surface area contributed by atoms with Crippen LogP contribution in [0, 0.1) is 5.82 Å². The van der Waals surface area contributed by atoms with E-state index in [4.69, 9.17) is 0 Å². The smallest absolute Gasteiger partial charge is 0.247 e. The Labute approximate surface area is 207 Å². The number of unbranched alkanes of at least 4 members (excludes halogenated alkanes) is 3. The monoisotopic (exact) mass is 475 g/mol. The van der Waals surface area contributed by atoms with Gasteiger partial charge < -0.3 is 9.47 Å². The van der Waals surface area contributed by atoms with Crippen molar-refractivity contribution in [1.82, 2.24) is 9.47 Å². The fourth-order valence-electron chi connectivity index (χ4n) is 4.79. The lowest BCUT2D eigenvalue weighted by atomic mass is 9.97. The fourth-order valence-corrected chi connectivity index (χ4v) is 4.79. The van der Waals surface area contributed by atoms with Crippen molar-refractivity contribution in [2.24, 2.45) is 0 Å². The first kappa shape index (κ1) is 24.7. The molecule has 0 aliphatic carbocycles. The number of para-hydroxylation sites is 2. The van der Waals surface area contributed by atoms with E-state index in [9.17, 15) is 14.0 Å². The van der Waals surface area contributed by atoms with Gasteiger partial charge in [-0.05, 0) is 54.8 Å². The van der Waals surface area contributed by atoms with Gasteiger partial charge in [-0.3, -0.25) is 14.5 Å². The second-order valence-corrected chi connectivity index (χ2v) is 9.14. The molecule has 0 fully saturated rings. The molecule has 4 rings (SSSR count). The molecule has 3 aromatic rings. The van der Waals surface area contributed by atoms with E-state index < -0.39 is 6.04 Å². The second-order valence-electron chi connectivity index (χ2n) is 9.14. The Balaban J connectivity index is 1.70. The van der Waals surface area contributed by atoms with Crippen LogP contribution >= 0.6 is 0 Å². The predicted molar refractivity (Wildman–Crippen MR) is 137 cm³/mol. The predicted octanol–water partition coefficient (Wildman–Crippen LogP) is 6.26. The minimum Gasteiger partial charge on any atom is -0.333 e. The maximum Gasteiger partial charge on any atom is 0.247 e. The average Bonchev–Trinajstić information content (AvgIpc) is 3.36. The number of rotatable bonds is 10. The molecule has 0 spiro atoms. The topological polar surface area (TPSA) is 45.6 Å². The van der Waals surface area contributed by atoms with Gasteiger partial charge in [-0.15, -0.1) is 0 Å². The lowest BCUT2D eigenvalue weighted by molar-refractivity contribution is -0.135. The molecule has 184 valence electrons. The van der Waals surface area contributed by atoms with Crippen molar-refractivity contribution < 1.29 is 14.0 Å². The molecule has 0 bridgehead atoms. The van der Waals surface area contributed by atoms with Gasteiger partial charge >= 0.3 is 0 Å². The highest BCUT2D eigenvalue weighted by Crippen LogP contribution is 2.42. The van der Waals surface area contributed by atoms with Crippen LogP contribution < -0.4 is 4.90 Å². The Morgan fingerprint density at radius 3 is 2.31 bits per heavy atom. The largest absolute Gasteiger partial charge is 0.333 e. The van der Waals surface area contributed by atoms with Gasteiger partial charge in [0.05, 0.1) is 17.1 Å². The third-order valence-electron chi connectivity index (χ3n) is 6.63. The quantitative estimate of drug-likeness (QED) is 0.325. The van der Waals surface area contributed by atoms with Gasteiger partial charge in [-0.25, -0.2) is 4.39 Å². The van der Waals surface area contributed by atoms with Crippen molar-refractivity contribution in [2.75, 3.05) is 18.0 Å². The molecule has 0 saturated carbocycles. The molecule has 6 heteroatoms. The van der Waals surface area contributed by atoms with Crippen LogP contribution in [0.5, 0.6) is 0 Å². The van der Waals surface area contributed by atoms with E-state index in [1.807, 2.05) is 42.6 Å². The van der Waals surface area contributed by atoms with Crippen molar-refractivity contribution in [2.45, 2.75) is 58.4 Å². The molecule has 35 heavy (non-hydrogen) atoms. The highest BCUT2D eigenvalue weighted by Gasteiger charge is 2.36. The zero-order chi connectivity index (χ0) is 24.8. The number of hydrogen-bond acceptors (Lipinski definition) is 2. The molecule has 0 N–H and O–H groups in total. The molecule has 1 aromatic heterocycles. The maximum atomic E-state index is 14.0. The molecule has 5 nitrogen and oxygen atoms in total. The van der Waals surface area contributed by atoms with E-state index >= 15 is 0 Å². The Morgan fingerprint density at radius 2 is 1.60 bits per heavy atom. The molecule has 1 unspecified atom stereocenters. The van der Waals surface area contributed by atoms with Gasteiger partial charge in [0.2, 0.25) is 11.8 Å². The number of halogens is 1. The standard InChI is InChI=1S/C29H34FN3O2/c1-3-5-7-14-27(34)31(19-6-4-2)21-28(35)33-25-12-9-8-11-24(25)32-20-10-13-26(32)29(33)22-15-17-23(30)18-16-22/h8-13,15-18,20,29H,3-7,14,19,21H2,1-2H3. The van der Waals surface area contributed by atoms with Crippen molar-refractivity contribution in [1.29, 1.82) is 0 Å². The molecule has 1 atom stereocenters. The van der Waals surface area contributed by atoms with Crippen molar-refractivity contribution in [3.8, 4) is 5.69 Å². The zero-order valence-electron chi connectivity index (χ0n) is 20.6. The first-order valence-electron chi connectivity index (χ1n) is 12.7. The van der Waals surface area contributed by atoms with Crippen LogP contribution in [-0.4, -0.2) is 34.4 Å². The summed E-state index contributed by atoms with van der Waals surface area (Å²) in [6, 6.07) is 17.7. The maximum absolute atomic E-state index is 14.0. The first-order chi connectivity index (χ1) is 17.0. The Kier molecular flexibility index (Phi) is 8.01. The summed E-state index contributed by atoms with van der Waals surface area (Å²) in [7, 11) is 0. The Bertz CT molecular complexity index is 1150. The number of amides is 2. The summed E-state index contributed by atoms with van der Waals surface area (Å²) in [4.78, 5) is 30.6. The lowest BCUT2D eigenvalue weighted by Crippen LogP contribution is -2.47. The molecule has 2 heterocycles. The molecule has 0 radical (unpaired) electrons. The summed E-state index contributed by atoms with van der Waals surface area (Å²) in [5, 5.41) is 0. The molecule has 2 aromatic carbocycles. The van der Waals surface area contributed by atoms with E-state index in [2.05, 4.69) is 18.4 Å². The zero-order valence-corrected chi connectivity index (χ0v) is 20.6. The Hall–Kier alpha value is -3.41. The van der Waals surface area contributed by atoms with Gasteiger partial charge in [0.25, 0.3) is 0 Å². The van der Waals surface area contributed by atoms with Gasteiger partial charge in [0.15, 0.2) is 0 Å². The second kappa shape index (κ2) is 11.3. The Morgan fingerprint density at radius 1 is 0.886 bits per heavy atom. The summed E-state index contributed by atoms with van der Waals surface area (Å²) in [5.41, 5.74) is 3.44. The van der Waals surface area contributed by atoms with Gasteiger partial charge in [0, 0.05) is 19.2 Å². The molecule has 1 aliphatic rings. The van der Waals surface area contributed by atoms with Crippen LogP contribution in [0.1, 0.15) is 69.7 Å². The number of hydrogen-bond donors (Lipinski definition) is 0. The van der Waals surface area contributed by atoms with Crippen LogP contribution in [0.4, 0.5) is 10.1 Å². The van der Waals surface area contributed by atoms with Crippen LogP contribution in [0.25, 0.3) is 5.69 Å². The SMILES string of the molecule is CCCCCC(=O)N(CCCC)CC(=O)N1c2ccccc2-n2cccc2C1c1ccc(F)cc1. The number of carbonyl (C=O) groups excluding carboxylic acids is 2. The van der Waals surface area contributed by atoms with Crippen molar-refractivity contribution in [3.05, 3.63) is 83.9 Å². The van der Waals surface area contributed by atoms with E-state index in [1.54, 1.807) is 21.9 Å². The number of nitrogens with zero attached hydrogens (tertiary/aromatic N) is 3.